The number of nitrogens with one attached hydrogen (secondary N) is 1. The zero-order chi connectivity index (χ0) is 19.3. The molecule has 2 aromatic carbocycles. The van der Waals surface area contributed by atoms with Crippen LogP contribution in [-0.2, 0) is 6.42 Å². The molecular formula is C20H21N5O3. The van der Waals surface area contributed by atoms with E-state index < -0.39 is 0 Å². The minimum atomic E-state index is -0.218. The molecule has 4 rings (SSSR count). The highest BCUT2D eigenvalue weighted by Crippen LogP contribution is 2.30. The SMILES string of the molecule is O=C(c1cc(Oc2ccccc2)ccc1O)N1CCCCC1Cc1nn[nH]n1. The second kappa shape index (κ2) is 8.08. The summed E-state index contributed by atoms with van der Waals surface area (Å²) in [5, 5.41) is 24.3. The highest BCUT2D eigenvalue weighted by molar-refractivity contribution is 5.97. The zero-order valence-electron chi connectivity index (χ0n) is 15.3. The molecule has 0 bridgehead atoms. The van der Waals surface area contributed by atoms with Gasteiger partial charge in [0.15, 0.2) is 5.82 Å². The van der Waals surface area contributed by atoms with Crippen LogP contribution in [0, 0.1) is 0 Å². The van der Waals surface area contributed by atoms with Gasteiger partial charge in [-0.2, -0.15) is 5.21 Å². The van der Waals surface area contributed by atoms with Crippen molar-refractivity contribution in [1.82, 2.24) is 25.5 Å². The third-order valence-electron chi connectivity index (χ3n) is 4.87. The average Bonchev–Trinajstić information content (AvgIpc) is 3.23. The van der Waals surface area contributed by atoms with Crippen LogP contribution >= 0.6 is 0 Å². The molecule has 1 atom stereocenters. The largest absolute Gasteiger partial charge is 0.507 e. The number of amides is 1. The van der Waals surface area contributed by atoms with Crippen molar-refractivity contribution in [2.45, 2.75) is 31.7 Å². The van der Waals surface area contributed by atoms with Gasteiger partial charge in [-0.1, -0.05) is 23.4 Å². The molecule has 1 aliphatic heterocycles. The molecule has 0 spiro atoms. The van der Waals surface area contributed by atoms with Crippen molar-refractivity contribution < 1.29 is 14.6 Å². The van der Waals surface area contributed by atoms with Crippen LogP contribution in [0.2, 0.25) is 0 Å². The predicted octanol–water partition coefficient (Wildman–Crippen LogP) is 2.93. The maximum absolute atomic E-state index is 13.2. The summed E-state index contributed by atoms with van der Waals surface area (Å²) in [7, 11) is 0. The molecule has 1 saturated heterocycles. The number of aromatic hydroxyl groups is 1. The Hall–Kier alpha value is -3.42. The van der Waals surface area contributed by atoms with E-state index >= 15 is 0 Å². The maximum Gasteiger partial charge on any atom is 0.258 e. The lowest BCUT2D eigenvalue weighted by atomic mass is 9.97. The van der Waals surface area contributed by atoms with E-state index in [-0.39, 0.29) is 23.3 Å². The molecule has 1 aliphatic rings. The second-order valence-corrected chi connectivity index (χ2v) is 6.77. The first kappa shape index (κ1) is 18.0. The van der Waals surface area contributed by atoms with Gasteiger partial charge in [0.2, 0.25) is 0 Å². The maximum atomic E-state index is 13.2. The van der Waals surface area contributed by atoms with Crippen LogP contribution in [0.25, 0.3) is 0 Å². The number of rotatable bonds is 5. The molecule has 1 unspecified atom stereocenters. The van der Waals surface area contributed by atoms with Crippen molar-refractivity contribution in [2.24, 2.45) is 0 Å². The lowest BCUT2D eigenvalue weighted by Crippen LogP contribution is -2.45. The monoisotopic (exact) mass is 379 g/mol. The standard InChI is InChI=1S/C20H21N5O3/c26-18-10-9-16(28-15-7-2-1-3-8-15)13-17(18)20(27)25-11-5-4-6-14(25)12-19-21-23-24-22-19/h1-3,7-10,13-14,26H,4-6,11-12H2,(H,21,22,23,24). The summed E-state index contributed by atoms with van der Waals surface area (Å²) in [5.41, 5.74) is 0.230. The van der Waals surface area contributed by atoms with Gasteiger partial charge in [0.05, 0.1) is 5.56 Å². The van der Waals surface area contributed by atoms with E-state index in [4.69, 9.17) is 4.74 Å². The Morgan fingerprint density at radius 1 is 1.18 bits per heavy atom. The molecule has 0 aliphatic carbocycles. The quantitative estimate of drug-likeness (QED) is 0.706. The van der Waals surface area contributed by atoms with Gasteiger partial charge in [0.25, 0.3) is 5.91 Å². The molecule has 8 nitrogen and oxygen atoms in total. The van der Waals surface area contributed by atoms with E-state index in [2.05, 4.69) is 20.6 Å². The molecule has 0 saturated carbocycles. The van der Waals surface area contributed by atoms with Gasteiger partial charge in [0.1, 0.15) is 17.2 Å². The van der Waals surface area contributed by atoms with Crippen molar-refractivity contribution in [2.75, 3.05) is 6.54 Å². The molecule has 28 heavy (non-hydrogen) atoms. The first-order valence-electron chi connectivity index (χ1n) is 9.30. The Kier molecular flexibility index (Phi) is 5.18. The van der Waals surface area contributed by atoms with Gasteiger partial charge in [-0.15, -0.1) is 10.2 Å². The summed E-state index contributed by atoms with van der Waals surface area (Å²) in [6, 6.07) is 14.0. The van der Waals surface area contributed by atoms with Crippen LogP contribution in [0.1, 0.15) is 35.4 Å². The molecule has 0 radical (unpaired) electrons. The number of H-pyrrole nitrogens is 1. The number of aromatic amines is 1. The Bertz CT molecular complexity index is 930. The average molecular weight is 379 g/mol. The first-order chi connectivity index (χ1) is 13.7. The summed E-state index contributed by atoms with van der Waals surface area (Å²) in [6.45, 7) is 0.630. The number of phenols is 1. The Labute approximate surface area is 162 Å². The minimum Gasteiger partial charge on any atom is -0.507 e. The van der Waals surface area contributed by atoms with Crippen molar-refractivity contribution in [3.8, 4) is 17.2 Å². The van der Waals surface area contributed by atoms with Crippen molar-refractivity contribution in [3.05, 3.63) is 59.9 Å². The number of aromatic nitrogens is 4. The molecule has 3 aromatic rings. The topological polar surface area (TPSA) is 104 Å². The fourth-order valence-electron chi connectivity index (χ4n) is 3.49. The van der Waals surface area contributed by atoms with Gasteiger partial charge in [0, 0.05) is 19.0 Å². The highest BCUT2D eigenvalue weighted by atomic mass is 16.5. The fraction of sp³-hybridized carbons (Fsp3) is 0.300. The second-order valence-electron chi connectivity index (χ2n) is 6.77. The highest BCUT2D eigenvalue weighted by Gasteiger charge is 2.30. The van der Waals surface area contributed by atoms with Crippen molar-refractivity contribution >= 4 is 5.91 Å². The number of benzene rings is 2. The number of ether oxygens (including phenoxy) is 1. The molecule has 1 aromatic heterocycles. The first-order valence-corrected chi connectivity index (χ1v) is 9.30. The summed E-state index contributed by atoms with van der Waals surface area (Å²) < 4.78 is 5.81. The number of nitrogens with zero attached hydrogens (tertiary/aromatic N) is 4. The number of carbonyl (C=O) groups excluding carboxylic acids is 1. The third kappa shape index (κ3) is 3.95. The Balaban J connectivity index is 1.56. The van der Waals surface area contributed by atoms with Gasteiger partial charge in [-0.05, 0) is 49.6 Å². The summed E-state index contributed by atoms with van der Waals surface area (Å²) in [4.78, 5) is 15.0. The number of carbonyl (C=O) groups is 1. The Morgan fingerprint density at radius 3 is 2.82 bits per heavy atom. The smallest absolute Gasteiger partial charge is 0.258 e. The van der Waals surface area contributed by atoms with Crippen molar-refractivity contribution in [3.63, 3.8) is 0 Å². The van der Waals surface area contributed by atoms with Gasteiger partial charge in [-0.25, -0.2) is 0 Å². The van der Waals surface area contributed by atoms with E-state index in [0.29, 0.717) is 30.3 Å². The number of likely N-dealkylation sites (tertiary alicyclic amines) is 1. The zero-order valence-corrected chi connectivity index (χ0v) is 15.3. The Morgan fingerprint density at radius 2 is 2.04 bits per heavy atom. The number of hydrogen-bond donors (Lipinski definition) is 2. The van der Waals surface area contributed by atoms with Crippen LogP contribution in [0.15, 0.2) is 48.5 Å². The van der Waals surface area contributed by atoms with Crippen LogP contribution in [0.3, 0.4) is 0 Å². The normalized spacial score (nSPS) is 16.7. The summed E-state index contributed by atoms with van der Waals surface area (Å²) >= 11 is 0. The lowest BCUT2D eigenvalue weighted by Gasteiger charge is -2.35. The number of piperidine rings is 1. The van der Waals surface area contributed by atoms with Crippen molar-refractivity contribution in [1.29, 1.82) is 0 Å². The molecule has 1 fully saturated rings. The van der Waals surface area contributed by atoms with Crippen LogP contribution < -0.4 is 4.74 Å². The molecule has 144 valence electrons. The summed E-state index contributed by atoms with van der Waals surface area (Å²) in [6.07, 6.45) is 3.36. The molecule has 2 heterocycles. The van der Waals surface area contributed by atoms with E-state index in [1.807, 2.05) is 30.3 Å². The van der Waals surface area contributed by atoms with Gasteiger partial charge >= 0.3 is 0 Å². The fourth-order valence-corrected chi connectivity index (χ4v) is 3.49. The summed E-state index contributed by atoms with van der Waals surface area (Å²) in [5.74, 6) is 1.47. The van der Waals surface area contributed by atoms with E-state index in [9.17, 15) is 9.90 Å². The minimum absolute atomic E-state index is 0.0306. The molecule has 1 amide bonds. The van der Waals surface area contributed by atoms with Gasteiger partial charge in [-0.3, -0.25) is 4.79 Å². The van der Waals surface area contributed by atoms with E-state index in [1.165, 1.54) is 6.07 Å². The molecule has 8 heteroatoms. The number of para-hydroxylation sites is 1. The number of hydrogen-bond acceptors (Lipinski definition) is 6. The number of phenolic OH excluding ortho intramolecular Hbond substituents is 1. The van der Waals surface area contributed by atoms with E-state index in [1.54, 1.807) is 17.0 Å². The van der Waals surface area contributed by atoms with Gasteiger partial charge < -0.3 is 14.7 Å². The lowest BCUT2D eigenvalue weighted by molar-refractivity contribution is 0.0607. The number of tetrazole rings is 1. The van der Waals surface area contributed by atoms with Crippen LogP contribution in [0.4, 0.5) is 0 Å². The predicted molar refractivity (Wildman–Crippen MR) is 101 cm³/mol. The van der Waals surface area contributed by atoms with Crippen LogP contribution in [0.5, 0.6) is 17.2 Å². The van der Waals surface area contributed by atoms with E-state index in [0.717, 1.165) is 19.3 Å². The molecule has 2 N–H and O–H groups in total. The third-order valence-corrected chi connectivity index (χ3v) is 4.87. The van der Waals surface area contributed by atoms with Crippen LogP contribution in [-0.4, -0.2) is 49.1 Å². The molecular weight excluding hydrogens is 358 g/mol.